The van der Waals surface area contributed by atoms with E-state index in [-0.39, 0.29) is 11.9 Å². The van der Waals surface area contributed by atoms with Gasteiger partial charge in [0.05, 0.1) is 6.04 Å². The number of rotatable bonds is 3. The molecule has 0 spiro atoms. The molecular formula is C17H20FN. The third kappa shape index (κ3) is 2.85. The fourth-order valence-corrected chi connectivity index (χ4v) is 2.44. The summed E-state index contributed by atoms with van der Waals surface area (Å²) in [6.07, 6.45) is 0. The van der Waals surface area contributed by atoms with Crippen LogP contribution in [-0.2, 0) is 0 Å². The molecule has 0 aliphatic heterocycles. The summed E-state index contributed by atoms with van der Waals surface area (Å²) in [6.45, 7) is 5.96. The summed E-state index contributed by atoms with van der Waals surface area (Å²) in [5.41, 5.74) is 5.29. The molecule has 2 aromatic rings. The van der Waals surface area contributed by atoms with E-state index in [9.17, 15) is 4.39 Å². The maximum absolute atomic E-state index is 13.7. The molecule has 0 amide bonds. The highest BCUT2D eigenvalue weighted by molar-refractivity contribution is 5.39. The minimum Gasteiger partial charge on any atom is -0.309 e. The predicted molar refractivity (Wildman–Crippen MR) is 78.0 cm³/mol. The molecule has 0 aromatic heterocycles. The van der Waals surface area contributed by atoms with Crippen LogP contribution in [-0.4, -0.2) is 7.05 Å². The number of hydrogen-bond acceptors (Lipinski definition) is 1. The number of halogens is 1. The smallest absolute Gasteiger partial charge is 0.126 e. The van der Waals surface area contributed by atoms with Gasteiger partial charge in [-0.1, -0.05) is 35.9 Å². The lowest BCUT2D eigenvalue weighted by Gasteiger charge is -2.20. The van der Waals surface area contributed by atoms with Crippen LogP contribution in [0, 0.1) is 26.6 Å². The molecule has 100 valence electrons. The molecular weight excluding hydrogens is 237 g/mol. The Morgan fingerprint density at radius 3 is 2.26 bits per heavy atom. The van der Waals surface area contributed by atoms with E-state index in [1.165, 1.54) is 16.7 Å². The van der Waals surface area contributed by atoms with Crippen molar-refractivity contribution in [2.45, 2.75) is 26.8 Å². The van der Waals surface area contributed by atoms with E-state index in [2.05, 4.69) is 37.4 Å². The summed E-state index contributed by atoms with van der Waals surface area (Å²) in [7, 11) is 1.90. The monoisotopic (exact) mass is 257 g/mol. The second-order valence-corrected chi connectivity index (χ2v) is 5.09. The van der Waals surface area contributed by atoms with Crippen LogP contribution in [0.1, 0.15) is 33.9 Å². The molecule has 19 heavy (non-hydrogen) atoms. The van der Waals surface area contributed by atoms with Crippen LogP contribution in [0.15, 0.2) is 36.4 Å². The molecule has 2 aromatic carbocycles. The highest BCUT2D eigenvalue weighted by atomic mass is 19.1. The minimum absolute atomic E-state index is 0.0238. The van der Waals surface area contributed by atoms with Gasteiger partial charge in [-0.05, 0) is 56.1 Å². The van der Waals surface area contributed by atoms with Crippen LogP contribution < -0.4 is 5.32 Å². The zero-order valence-corrected chi connectivity index (χ0v) is 11.9. The minimum atomic E-state index is -0.150. The molecule has 0 aliphatic rings. The van der Waals surface area contributed by atoms with Crippen LogP contribution in [0.3, 0.4) is 0 Å². The molecule has 0 fully saturated rings. The van der Waals surface area contributed by atoms with Crippen LogP contribution in [0.2, 0.25) is 0 Å². The van der Waals surface area contributed by atoms with Gasteiger partial charge in [0.2, 0.25) is 0 Å². The van der Waals surface area contributed by atoms with E-state index in [0.29, 0.717) is 5.56 Å². The topological polar surface area (TPSA) is 12.0 Å². The first-order valence-corrected chi connectivity index (χ1v) is 6.53. The van der Waals surface area contributed by atoms with Gasteiger partial charge in [0, 0.05) is 0 Å². The average Bonchev–Trinajstić information content (AvgIpc) is 2.37. The van der Waals surface area contributed by atoms with Crippen molar-refractivity contribution in [2.75, 3.05) is 7.05 Å². The van der Waals surface area contributed by atoms with Crippen LogP contribution >= 0.6 is 0 Å². The van der Waals surface area contributed by atoms with E-state index < -0.39 is 0 Å². The first-order chi connectivity index (χ1) is 9.02. The van der Waals surface area contributed by atoms with Gasteiger partial charge in [-0.25, -0.2) is 4.39 Å². The van der Waals surface area contributed by atoms with Crippen molar-refractivity contribution in [3.8, 4) is 0 Å². The zero-order valence-electron chi connectivity index (χ0n) is 11.9. The molecule has 1 N–H and O–H groups in total. The molecule has 0 bridgehead atoms. The van der Waals surface area contributed by atoms with E-state index in [4.69, 9.17) is 0 Å². The van der Waals surface area contributed by atoms with Gasteiger partial charge in [0.25, 0.3) is 0 Å². The average molecular weight is 257 g/mol. The quantitative estimate of drug-likeness (QED) is 0.874. The Hall–Kier alpha value is -1.67. The molecule has 0 aliphatic carbocycles. The Balaban J connectivity index is 2.46. The molecule has 1 atom stereocenters. The number of hydrogen-bond donors (Lipinski definition) is 1. The Kier molecular flexibility index (Phi) is 4.01. The third-order valence-electron chi connectivity index (χ3n) is 3.55. The molecule has 2 heteroatoms. The molecule has 0 radical (unpaired) electrons. The molecule has 1 unspecified atom stereocenters. The van der Waals surface area contributed by atoms with Gasteiger partial charge in [0.15, 0.2) is 0 Å². The Labute approximate surface area is 114 Å². The van der Waals surface area contributed by atoms with Crippen molar-refractivity contribution < 1.29 is 4.39 Å². The van der Waals surface area contributed by atoms with Crippen molar-refractivity contribution in [3.05, 3.63) is 70.0 Å². The Morgan fingerprint density at radius 1 is 0.947 bits per heavy atom. The lowest BCUT2D eigenvalue weighted by atomic mass is 9.93. The fourth-order valence-electron chi connectivity index (χ4n) is 2.44. The van der Waals surface area contributed by atoms with Crippen molar-refractivity contribution in [1.29, 1.82) is 0 Å². The molecule has 1 nitrogen and oxygen atoms in total. The van der Waals surface area contributed by atoms with Gasteiger partial charge in [-0.3, -0.25) is 0 Å². The van der Waals surface area contributed by atoms with E-state index >= 15 is 0 Å². The van der Waals surface area contributed by atoms with E-state index in [1.54, 1.807) is 13.0 Å². The maximum atomic E-state index is 13.7. The van der Waals surface area contributed by atoms with Gasteiger partial charge in [-0.15, -0.1) is 0 Å². The summed E-state index contributed by atoms with van der Waals surface area (Å²) in [5.74, 6) is -0.150. The van der Waals surface area contributed by atoms with Gasteiger partial charge < -0.3 is 5.32 Å². The summed E-state index contributed by atoms with van der Waals surface area (Å²) in [6, 6.07) is 11.8. The highest BCUT2D eigenvalue weighted by Gasteiger charge is 2.15. The maximum Gasteiger partial charge on any atom is 0.126 e. The number of benzene rings is 2. The summed E-state index contributed by atoms with van der Waals surface area (Å²) in [5, 5.41) is 3.27. The zero-order chi connectivity index (χ0) is 14.0. The number of aryl methyl sites for hydroxylation is 3. The summed E-state index contributed by atoms with van der Waals surface area (Å²) >= 11 is 0. The fraction of sp³-hybridized carbons (Fsp3) is 0.294. The second kappa shape index (κ2) is 5.54. The highest BCUT2D eigenvalue weighted by Crippen LogP contribution is 2.26. The lowest BCUT2D eigenvalue weighted by Crippen LogP contribution is -2.19. The Morgan fingerprint density at radius 2 is 1.68 bits per heavy atom. The third-order valence-corrected chi connectivity index (χ3v) is 3.55. The largest absolute Gasteiger partial charge is 0.309 e. The second-order valence-electron chi connectivity index (χ2n) is 5.09. The van der Waals surface area contributed by atoms with Gasteiger partial charge >= 0.3 is 0 Å². The molecule has 0 saturated heterocycles. The number of nitrogens with one attached hydrogen (secondary N) is 1. The van der Waals surface area contributed by atoms with Gasteiger partial charge in [-0.2, -0.15) is 0 Å². The predicted octanol–water partition coefficient (Wildman–Crippen LogP) is 4.06. The lowest BCUT2D eigenvalue weighted by molar-refractivity contribution is 0.608. The van der Waals surface area contributed by atoms with E-state index in [1.807, 2.05) is 19.2 Å². The van der Waals surface area contributed by atoms with E-state index in [0.717, 1.165) is 5.56 Å². The van der Waals surface area contributed by atoms with Crippen molar-refractivity contribution in [3.63, 3.8) is 0 Å². The summed E-state index contributed by atoms with van der Waals surface area (Å²) < 4.78 is 13.7. The van der Waals surface area contributed by atoms with Crippen molar-refractivity contribution >= 4 is 0 Å². The standard InChI is InChI=1S/C17H20FN/c1-11-5-8-15(13(3)9-11)17(19-4)14-7-6-12(2)16(18)10-14/h5-10,17,19H,1-4H3. The van der Waals surface area contributed by atoms with Crippen molar-refractivity contribution in [2.24, 2.45) is 0 Å². The van der Waals surface area contributed by atoms with Crippen LogP contribution in [0.4, 0.5) is 4.39 Å². The normalized spacial score (nSPS) is 12.5. The van der Waals surface area contributed by atoms with Crippen LogP contribution in [0.25, 0.3) is 0 Å². The first-order valence-electron chi connectivity index (χ1n) is 6.53. The molecule has 2 rings (SSSR count). The van der Waals surface area contributed by atoms with Crippen molar-refractivity contribution in [1.82, 2.24) is 5.32 Å². The summed E-state index contributed by atoms with van der Waals surface area (Å²) in [4.78, 5) is 0. The SMILES string of the molecule is CNC(c1ccc(C)c(F)c1)c1ccc(C)cc1C. The Bertz CT molecular complexity index is 590. The molecule has 0 heterocycles. The first kappa shape index (κ1) is 13.8. The van der Waals surface area contributed by atoms with Gasteiger partial charge in [0.1, 0.15) is 5.82 Å². The van der Waals surface area contributed by atoms with Crippen LogP contribution in [0.5, 0.6) is 0 Å². The molecule has 0 saturated carbocycles.